The van der Waals surface area contributed by atoms with Gasteiger partial charge < -0.3 is 4.90 Å². The number of hydrogen-bond donors (Lipinski definition) is 0. The maximum atomic E-state index is 12.2. The number of rotatable bonds is 4. The van der Waals surface area contributed by atoms with Gasteiger partial charge in [-0.3, -0.25) is 4.79 Å². The summed E-state index contributed by atoms with van der Waals surface area (Å²) >= 11 is 1.72. The predicted molar refractivity (Wildman–Crippen MR) is 72.1 cm³/mol. The standard InChI is InChI=1S/C14H21NOS/c1-11(2)5-6-14(16)15-8-3-4-13(15)12-7-9-17-10-12/h7,9-11,13H,3-6,8H2,1-2H3. The Morgan fingerprint density at radius 1 is 1.59 bits per heavy atom. The molecule has 1 unspecified atom stereocenters. The van der Waals surface area contributed by atoms with Crippen LogP contribution in [0.1, 0.15) is 51.1 Å². The van der Waals surface area contributed by atoms with Crippen LogP contribution in [0.2, 0.25) is 0 Å². The topological polar surface area (TPSA) is 20.3 Å². The van der Waals surface area contributed by atoms with Crippen molar-refractivity contribution in [1.29, 1.82) is 0 Å². The zero-order valence-corrected chi connectivity index (χ0v) is 11.5. The lowest BCUT2D eigenvalue weighted by molar-refractivity contribution is -0.132. The van der Waals surface area contributed by atoms with Crippen LogP contribution in [-0.4, -0.2) is 17.4 Å². The van der Waals surface area contributed by atoms with Crippen molar-refractivity contribution in [3.63, 3.8) is 0 Å². The fourth-order valence-electron chi connectivity index (χ4n) is 2.43. The van der Waals surface area contributed by atoms with Crippen molar-refractivity contribution in [2.75, 3.05) is 6.54 Å². The van der Waals surface area contributed by atoms with E-state index in [9.17, 15) is 4.79 Å². The molecule has 0 spiro atoms. The molecule has 1 amide bonds. The van der Waals surface area contributed by atoms with Gasteiger partial charge in [-0.1, -0.05) is 13.8 Å². The summed E-state index contributed by atoms with van der Waals surface area (Å²) in [6.45, 7) is 5.29. The highest BCUT2D eigenvalue weighted by Gasteiger charge is 2.29. The zero-order valence-electron chi connectivity index (χ0n) is 10.7. The largest absolute Gasteiger partial charge is 0.336 e. The normalized spacial score (nSPS) is 20.2. The van der Waals surface area contributed by atoms with Gasteiger partial charge in [-0.05, 0) is 47.6 Å². The third kappa shape index (κ3) is 3.09. The lowest BCUT2D eigenvalue weighted by atomic mass is 10.1. The van der Waals surface area contributed by atoms with Crippen LogP contribution in [0.3, 0.4) is 0 Å². The van der Waals surface area contributed by atoms with Crippen molar-refractivity contribution in [2.24, 2.45) is 5.92 Å². The Kier molecular flexibility index (Phi) is 4.21. The Bertz CT molecular complexity index is 358. The first-order valence-electron chi connectivity index (χ1n) is 6.50. The molecule has 1 aromatic rings. The third-order valence-electron chi connectivity index (χ3n) is 3.44. The Morgan fingerprint density at radius 3 is 3.06 bits per heavy atom. The number of carbonyl (C=O) groups is 1. The molecule has 94 valence electrons. The molecule has 17 heavy (non-hydrogen) atoms. The van der Waals surface area contributed by atoms with E-state index in [-0.39, 0.29) is 0 Å². The molecule has 2 rings (SSSR count). The fraction of sp³-hybridized carbons (Fsp3) is 0.643. The van der Waals surface area contributed by atoms with Gasteiger partial charge in [-0.2, -0.15) is 11.3 Å². The average Bonchev–Trinajstić information content (AvgIpc) is 2.94. The maximum Gasteiger partial charge on any atom is 0.223 e. The summed E-state index contributed by atoms with van der Waals surface area (Å²) in [6.07, 6.45) is 3.99. The van der Waals surface area contributed by atoms with E-state index >= 15 is 0 Å². The van der Waals surface area contributed by atoms with Gasteiger partial charge in [0.05, 0.1) is 6.04 Å². The Labute approximate surface area is 108 Å². The van der Waals surface area contributed by atoms with Crippen LogP contribution in [0.15, 0.2) is 16.8 Å². The highest BCUT2D eigenvalue weighted by atomic mass is 32.1. The second-order valence-electron chi connectivity index (χ2n) is 5.23. The summed E-state index contributed by atoms with van der Waals surface area (Å²) in [7, 11) is 0. The van der Waals surface area contributed by atoms with E-state index in [4.69, 9.17) is 0 Å². The molecule has 0 N–H and O–H groups in total. The summed E-state index contributed by atoms with van der Waals surface area (Å²) in [5.74, 6) is 0.952. The number of nitrogens with zero attached hydrogens (tertiary/aromatic N) is 1. The fourth-order valence-corrected chi connectivity index (χ4v) is 3.14. The molecule has 1 atom stereocenters. The van der Waals surface area contributed by atoms with Crippen LogP contribution in [0, 0.1) is 5.92 Å². The predicted octanol–water partition coefficient (Wildman–Crippen LogP) is 3.85. The van der Waals surface area contributed by atoms with Gasteiger partial charge in [-0.25, -0.2) is 0 Å². The highest BCUT2D eigenvalue weighted by Crippen LogP contribution is 2.33. The van der Waals surface area contributed by atoms with Gasteiger partial charge in [0.25, 0.3) is 0 Å². The van der Waals surface area contributed by atoms with Crippen LogP contribution in [0.4, 0.5) is 0 Å². The summed E-state index contributed by atoms with van der Waals surface area (Å²) in [5.41, 5.74) is 1.32. The smallest absolute Gasteiger partial charge is 0.223 e. The Balaban J connectivity index is 1.97. The summed E-state index contributed by atoms with van der Waals surface area (Å²) in [5, 5.41) is 4.28. The van der Waals surface area contributed by atoms with Crippen molar-refractivity contribution in [3.8, 4) is 0 Å². The monoisotopic (exact) mass is 251 g/mol. The molecule has 0 aromatic carbocycles. The zero-order chi connectivity index (χ0) is 12.3. The molecule has 1 aromatic heterocycles. The molecule has 0 bridgehead atoms. The molecule has 1 saturated heterocycles. The van der Waals surface area contributed by atoms with Crippen LogP contribution in [-0.2, 0) is 4.79 Å². The molecule has 3 heteroatoms. The number of likely N-dealkylation sites (tertiary alicyclic amines) is 1. The second-order valence-corrected chi connectivity index (χ2v) is 6.01. The minimum Gasteiger partial charge on any atom is -0.336 e. The highest BCUT2D eigenvalue weighted by molar-refractivity contribution is 7.07. The van der Waals surface area contributed by atoms with Crippen molar-refractivity contribution in [2.45, 2.75) is 45.6 Å². The second kappa shape index (κ2) is 5.67. The van der Waals surface area contributed by atoms with Gasteiger partial charge >= 0.3 is 0 Å². The maximum absolute atomic E-state index is 12.2. The lowest BCUT2D eigenvalue weighted by Crippen LogP contribution is -2.30. The number of amides is 1. The average molecular weight is 251 g/mol. The third-order valence-corrected chi connectivity index (χ3v) is 4.14. The molecular weight excluding hydrogens is 230 g/mol. The van der Waals surface area contributed by atoms with E-state index in [1.54, 1.807) is 11.3 Å². The van der Waals surface area contributed by atoms with Crippen LogP contribution < -0.4 is 0 Å². The van der Waals surface area contributed by atoms with Gasteiger partial charge in [0, 0.05) is 13.0 Å². The van der Waals surface area contributed by atoms with E-state index in [0.717, 1.165) is 25.8 Å². The Hall–Kier alpha value is -0.830. The van der Waals surface area contributed by atoms with E-state index in [0.29, 0.717) is 24.3 Å². The number of carbonyl (C=O) groups excluding carboxylic acids is 1. The molecule has 1 aliphatic heterocycles. The number of thiophene rings is 1. The SMILES string of the molecule is CC(C)CCC(=O)N1CCCC1c1ccsc1. The molecular formula is C14H21NOS. The van der Waals surface area contributed by atoms with E-state index in [1.165, 1.54) is 5.56 Å². The molecule has 1 aliphatic rings. The summed E-state index contributed by atoms with van der Waals surface area (Å²) < 4.78 is 0. The van der Waals surface area contributed by atoms with Crippen LogP contribution in [0.5, 0.6) is 0 Å². The van der Waals surface area contributed by atoms with Gasteiger partial charge in [0.2, 0.25) is 5.91 Å². The first-order valence-corrected chi connectivity index (χ1v) is 7.44. The Morgan fingerprint density at radius 2 is 2.41 bits per heavy atom. The molecule has 1 fully saturated rings. The molecule has 0 radical (unpaired) electrons. The van der Waals surface area contributed by atoms with Gasteiger partial charge in [0.15, 0.2) is 0 Å². The molecule has 2 heterocycles. The first kappa shape index (κ1) is 12.6. The number of hydrogen-bond acceptors (Lipinski definition) is 2. The molecule has 0 aliphatic carbocycles. The van der Waals surface area contributed by atoms with Gasteiger partial charge in [-0.15, -0.1) is 0 Å². The van der Waals surface area contributed by atoms with Gasteiger partial charge in [0.1, 0.15) is 0 Å². The first-order chi connectivity index (χ1) is 8.18. The quantitative estimate of drug-likeness (QED) is 0.796. The van der Waals surface area contributed by atoms with Crippen molar-refractivity contribution >= 4 is 17.2 Å². The molecule has 2 nitrogen and oxygen atoms in total. The van der Waals surface area contributed by atoms with Crippen molar-refractivity contribution < 1.29 is 4.79 Å². The van der Waals surface area contributed by atoms with Crippen molar-refractivity contribution in [1.82, 2.24) is 4.90 Å². The van der Waals surface area contributed by atoms with Crippen LogP contribution in [0.25, 0.3) is 0 Å². The summed E-state index contributed by atoms with van der Waals surface area (Å²) in [6, 6.07) is 2.50. The van der Waals surface area contributed by atoms with Crippen LogP contribution >= 0.6 is 11.3 Å². The minimum atomic E-state index is 0.340. The lowest BCUT2D eigenvalue weighted by Gasteiger charge is -2.24. The van der Waals surface area contributed by atoms with E-state index in [1.807, 2.05) is 0 Å². The van der Waals surface area contributed by atoms with Crippen molar-refractivity contribution in [3.05, 3.63) is 22.4 Å². The summed E-state index contributed by atoms with van der Waals surface area (Å²) in [4.78, 5) is 14.3. The minimum absolute atomic E-state index is 0.340. The van der Waals surface area contributed by atoms with E-state index < -0.39 is 0 Å². The molecule has 0 saturated carbocycles. The van der Waals surface area contributed by atoms with E-state index in [2.05, 4.69) is 35.6 Å².